The molecule has 23 heavy (non-hydrogen) atoms. The first-order chi connectivity index (χ1) is 11.2. The van der Waals surface area contributed by atoms with Gasteiger partial charge in [0.15, 0.2) is 0 Å². The van der Waals surface area contributed by atoms with Gasteiger partial charge in [0, 0.05) is 0 Å². The maximum absolute atomic E-state index is 3.75. The van der Waals surface area contributed by atoms with Gasteiger partial charge in [-0.15, -0.1) is 13.2 Å². The highest BCUT2D eigenvalue weighted by atomic mass is 14.0. The summed E-state index contributed by atoms with van der Waals surface area (Å²) in [6.07, 6.45) is 25.0. The van der Waals surface area contributed by atoms with Crippen LogP contribution in [-0.2, 0) is 0 Å². The van der Waals surface area contributed by atoms with Crippen molar-refractivity contribution in [2.75, 3.05) is 0 Å². The van der Waals surface area contributed by atoms with Crippen LogP contribution in [0.1, 0.15) is 117 Å². The van der Waals surface area contributed by atoms with E-state index in [9.17, 15) is 0 Å². The lowest BCUT2D eigenvalue weighted by Gasteiger charge is -2.02. The van der Waals surface area contributed by atoms with Crippen molar-refractivity contribution in [3.63, 3.8) is 0 Å². The molecule has 0 atom stereocenters. The van der Waals surface area contributed by atoms with E-state index in [1.54, 1.807) is 0 Å². The second-order valence-corrected chi connectivity index (χ2v) is 7.24. The van der Waals surface area contributed by atoms with E-state index in [0.717, 1.165) is 12.3 Å². The van der Waals surface area contributed by atoms with Crippen LogP contribution in [0.5, 0.6) is 0 Å². The van der Waals surface area contributed by atoms with E-state index in [1.807, 2.05) is 12.2 Å². The number of allylic oxidation sites excluding steroid dienone is 2. The minimum atomic E-state index is 0.780. The summed E-state index contributed by atoms with van der Waals surface area (Å²) in [6.45, 7) is 14.0. The maximum atomic E-state index is 3.75. The normalized spacial score (nSPS) is 10.3. The van der Waals surface area contributed by atoms with E-state index in [-0.39, 0.29) is 0 Å². The number of hydrogen-bond acceptors (Lipinski definition) is 0. The van der Waals surface area contributed by atoms with E-state index in [4.69, 9.17) is 0 Å². The lowest BCUT2D eigenvalue weighted by molar-refractivity contribution is 0.540. The molecular weight excluding hydrogens is 276 g/mol. The molecule has 0 aromatic carbocycles. The molecule has 0 aromatic heterocycles. The highest BCUT2D eigenvalue weighted by Crippen LogP contribution is 2.12. The van der Waals surface area contributed by atoms with Crippen LogP contribution in [0.2, 0.25) is 0 Å². The molecule has 0 saturated carbocycles. The zero-order chi connectivity index (χ0) is 17.6. The standard InChI is InChI=1S/C17H34.C6H12/c1-3-5-7-9-11-13-15-17-16-14-12-10-8-6-4-2;1-4-5-6(2)3/h3H,1,4-17H2,2H3;4,6H,1,5H2,2-3H3. The van der Waals surface area contributed by atoms with E-state index in [2.05, 4.69) is 33.9 Å². The summed E-state index contributed by atoms with van der Waals surface area (Å²) >= 11 is 0. The first kappa shape index (κ1) is 24.7. The lowest BCUT2D eigenvalue weighted by atomic mass is 10.0. The molecular formula is C23H46. The van der Waals surface area contributed by atoms with Gasteiger partial charge in [-0.2, -0.15) is 0 Å². The summed E-state index contributed by atoms with van der Waals surface area (Å²) in [5, 5.41) is 0. The van der Waals surface area contributed by atoms with E-state index in [0.29, 0.717) is 0 Å². The number of unbranched alkanes of at least 4 members (excludes halogenated alkanes) is 13. The molecule has 0 nitrogen and oxygen atoms in total. The predicted molar refractivity (Wildman–Crippen MR) is 110 cm³/mol. The van der Waals surface area contributed by atoms with Crippen molar-refractivity contribution in [1.29, 1.82) is 0 Å². The Morgan fingerprint density at radius 1 is 0.609 bits per heavy atom. The van der Waals surface area contributed by atoms with Gasteiger partial charge in [0.05, 0.1) is 0 Å². The molecule has 0 heteroatoms. The second-order valence-electron chi connectivity index (χ2n) is 7.24. The van der Waals surface area contributed by atoms with Crippen molar-refractivity contribution in [1.82, 2.24) is 0 Å². The van der Waals surface area contributed by atoms with Gasteiger partial charge in [-0.05, 0) is 25.2 Å². The van der Waals surface area contributed by atoms with Crippen LogP contribution in [0.4, 0.5) is 0 Å². The summed E-state index contributed by atoms with van der Waals surface area (Å²) in [5.41, 5.74) is 0. The summed E-state index contributed by atoms with van der Waals surface area (Å²) in [7, 11) is 0. The van der Waals surface area contributed by atoms with E-state index >= 15 is 0 Å². The minimum absolute atomic E-state index is 0.780. The zero-order valence-corrected chi connectivity index (χ0v) is 16.8. The summed E-state index contributed by atoms with van der Waals surface area (Å²) in [6, 6.07) is 0. The summed E-state index contributed by atoms with van der Waals surface area (Å²) < 4.78 is 0. The fourth-order valence-corrected chi connectivity index (χ4v) is 2.64. The largest absolute Gasteiger partial charge is 0.103 e. The van der Waals surface area contributed by atoms with Crippen molar-refractivity contribution < 1.29 is 0 Å². The highest BCUT2D eigenvalue weighted by molar-refractivity contribution is 4.67. The Morgan fingerprint density at radius 3 is 1.26 bits per heavy atom. The molecule has 0 saturated heterocycles. The highest BCUT2D eigenvalue weighted by Gasteiger charge is 1.93. The van der Waals surface area contributed by atoms with Crippen LogP contribution in [-0.4, -0.2) is 0 Å². The molecule has 0 amide bonds. The van der Waals surface area contributed by atoms with Gasteiger partial charge >= 0.3 is 0 Å². The fourth-order valence-electron chi connectivity index (χ4n) is 2.64. The Bertz CT molecular complexity index is 214. The third kappa shape index (κ3) is 30.0. The average Bonchev–Trinajstić information content (AvgIpc) is 2.52. The van der Waals surface area contributed by atoms with Gasteiger partial charge in [-0.25, -0.2) is 0 Å². The van der Waals surface area contributed by atoms with Crippen LogP contribution >= 0.6 is 0 Å². The smallest absolute Gasteiger partial charge is 0.0330 e. The third-order valence-electron chi connectivity index (χ3n) is 4.15. The van der Waals surface area contributed by atoms with Crippen LogP contribution in [0.15, 0.2) is 25.3 Å². The zero-order valence-electron chi connectivity index (χ0n) is 16.8. The molecule has 0 aromatic rings. The van der Waals surface area contributed by atoms with Gasteiger partial charge in [-0.1, -0.05) is 110 Å². The monoisotopic (exact) mass is 322 g/mol. The fraction of sp³-hybridized carbons (Fsp3) is 0.826. The molecule has 0 aliphatic rings. The summed E-state index contributed by atoms with van der Waals surface area (Å²) in [4.78, 5) is 0. The molecule has 0 aliphatic carbocycles. The SMILES string of the molecule is C=CCC(C)C.C=CCCCCCCCCCCCCCCC. The Hall–Kier alpha value is -0.520. The summed E-state index contributed by atoms with van der Waals surface area (Å²) in [5.74, 6) is 0.780. The Balaban J connectivity index is 0. The first-order valence-electron chi connectivity index (χ1n) is 10.4. The third-order valence-corrected chi connectivity index (χ3v) is 4.15. The van der Waals surface area contributed by atoms with Crippen molar-refractivity contribution in [3.8, 4) is 0 Å². The van der Waals surface area contributed by atoms with Crippen LogP contribution in [0.3, 0.4) is 0 Å². The van der Waals surface area contributed by atoms with Gasteiger partial charge in [-0.3, -0.25) is 0 Å². The number of rotatable bonds is 16. The molecule has 0 rings (SSSR count). The van der Waals surface area contributed by atoms with Crippen molar-refractivity contribution >= 4 is 0 Å². The van der Waals surface area contributed by atoms with Crippen LogP contribution < -0.4 is 0 Å². The Morgan fingerprint density at radius 2 is 1.00 bits per heavy atom. The van der Waals surface area contributed by atoms with Gasteiger partial charge < -0.3 is 0 Å². The van der Waals surface area contributed by atoms with Crippen molar-refractivity contribution in [2.45, 2.75) is 117 Å². The maximum Gasteiger partial charge on any atom is -0.0330 e. The predicted octanol–water partition coefficient (Wildman–Crippen LogP) is 8.87. The van der Waals surface area contributed by atoms with Gasteiger partial charge in [0.1, 0.15) is 0 Å². The van der Waals surface area contributed by atoms with E-state index in [1.165, 1.54) is 89.9 Å². The topological polar surface area (TPSA) is 0 Å². The molecule has 0 radical (unpaired) electrons. The molecule has 0 N–H and O–H groups in total. The Kier molecular flexibility index (Phi) is 25.5. The molecule has 0 spiro atoms. The van der Waals surface area contributed by atoms with Gasteiger partial charge in [0.25, 0.3) is 0 Å². The second kappa shape index (κ2) is 23.7. The minimum Gasteiger partial charge on any atom is -0.103 e. The molecule has 138 valence electrons. The average molecular weight is 323 g/mol. The Labute approximate surface area is 148 Å². The number of hydrogen-bond donors (Lipinski definition) is 0. The quantitative estimate of drug-likeness (QED) is 0.196. The molecule has 0 heterocycles. The van der Waals surface area contributed by atoms with E-state index < -0.39 is 0 Å². The molecule has 0 fully saturated rings. The first-order valence-corrected chi connectivity index (χ1v) is 10.4. The molecule has 0 aliphatic heterocycles. The van der Waals surface area contributed by atoms with Crippen molar-refractivity contribution in [3.05, 3.63) is 25.3 Å². The molecule has 0 unspecified atom stereocenters. The lowest BCUT2D eigenvalue weighted by Crippen LogP contribution is -1.82. The van der Waals surface area contributed by atoms with Crippen LogP contribution in [0, 0.1) is 5.92 Å². The molecule has 0 bridgehead atoms. The van der Waals surface area contributed by atoms with Crippen LogP contribution in [0.25, 0.3) is 0 Å². The van der Waals surface area contributed by atoms with Crippen molar-refractivity contribution in [2.24, 2.45) is 5.92 Å². The van der Waals surface area contributed by atoms with Gasteiger partial charge in [0.2, 0.25) is 0 Å².